The summed E-state index contributed by atoms with van der Waals surface area (Å²) in [6, 6.07) is -0.576. The molecule has 4 heteroatoms. The molecule has 76 valence electrons. The molecule has 0 heterocycles. The van der Waals surface area contributed by atoms with E-state index in [1.165, 1.54) is 0 Å². The number of carbonyl (C=O) groups is 2. The fourth-order valence-corrected chi connectivity index (χ4v) is 0.985. The average molecular weight is 186 g/mol. The van der Waals surface area contributed by atoms with Crippen molar-refractivity contribution in [3.05, 3.63) is 0 Å². The Labute approximate surface area is 78.7 Å². The molecule has 1 amide bonds. The lowest BCUT2D eigenvalue weighted by Crippen LogP contribution is -2.39. The van der Waals surface area contributed by atoms with Gasteiger partial charge in [-0.25, -0.2) is 0 Å². The van der Waals surface area contributed by atoms with Crippen LogP contribution in [0.1, 0.15) is 33.6 Å². The molecule has 0 aliphatic heterocycles. The molecule has 0 aromatic rings. The van der Waals surface area contributed by atoms with Gasteiger partial charge in [-0.05, 0) is 6.42 Å². The number of carbonyl (C=O) groups excluding carboxylic acids is 2. The Morgan fingerprint density at radius 1 is 1.31 bits per heavy atom. The number of nitrogens with two attached hydrogens (primary N) is 2. The van der Waals surface area contributed by atoms with E-state index < -0.39 is 17.4 Å². The van der Waals surface area contributed by atoms with E-state index in [1.54, 1.807) is 20.8 Å². The van der Waals surface area contributed by atoms with Crippen LogP contribution in [0.5, 0.6) is 0 Å². The molecule has 0 bridgehead atoms. The third-order valence-corrected chi connectivity index (χ3v) is 1.78. The summed E-state index contributed by atoms with van der Waals surface area (Å²) >= 11 is 0. The SMILES string of the molecule is CC(C)(C)C(=O)[C@@H](N)CCC(N)=O. The van der Waals surface area contributed by atoms with Gasteiger partial charge in [0.25, 0.3) is 0 Å². The molecular weight excluding hydrogens is 168 g/mol. The molecular formula is C9H18N2O2. The lowest BCUT2D eigenvalue weighted by molar-refractivity contribution is -0.127. The van der Waals surface area contributed by atoms with Gasteiger partial charge in [-0.15, -0.1) is 0 Å². The van der Waals surface area contributed by atoms with E-state index in [4.69, 9.17) is 11.5 Å². The lowest BCUT2D eigenvalue weighted by Gasteiger charge is -2.21. The predicted molar refractivity (Wildman–Crippen MR) is 50.9 cm³/mol. The fraction of sp³-hybridized carbons (Fsp3) is 0.778. The summed E-state index contributed by atoms with van der Waals surface area (Å²) in [6.07, 6.45) is 0.508. The van der Waals surface area contributed by atoms with Gasteiger partial charge in [-0.3, -0.25) is 9.59 Å². The normalized spacial score (nSPS) is 13.8. The Bertz CT molecular complexity index is 206. The lowest BCUT2D eigenvalue weighted by atomic mass is 9.85. The van der Waals surface area contributed by atoms with Crippen LogP contribution in [-0.2, 0) is 9.59 Å². The first-order chi connectivity index (χ1) is 5.75. The maximum atomic E-state index is 11.5. The van der Waals surface area contributed by atoms with Gasteiger partial charge in [0.2, 0.25) is 5.91 Å². The zero-order valence-electron chi connectivity index (χ0n) is 8.46. The first-order valence-corrected chi connectivity index (χ1v) is 4.33. The van der Waals surface area contributed by atoms with Gasteiger partial charge in [-0.1, -0.05) is 20.8 Å². The van der Waals surface area contributed by atoms with Gasteiger partial charge in [0, 0.05) is 11.8 Å². The van der Waals surface area contributed by atoms with Gasteiger partial charge in [-0.2, -0.15) is 0 Å². The summed E-state index contributed by atoms with van der Waals surface area (Å²) in [5, 5.41) is 0. The first-order valence-electron chi connectivity index (χ1n) is 4.33. The van der Waals surface area contributed by atoms with Crippen LogP contribution >= 0.6 is 0 Å². The van der Waals surface area contributed by atoms with E-state index in [9.17, 15) is 9.59 Å². The summed E-state index contributed by atoms with van der Waals surface area (Å²) in [5.74, 6) is -0.453. The monoisotopic (exact) mass is 186 g/mol. The van der Waals surface area contributed by atoms with Crippen LogP contribution in [0.25, 0.3) is 0 Å². The van der Waals surface area contributed by atoms with E-state index >= 15 is 0 Å². The van der Waals surface area contributed by atoms with Crippen LogP contribution in [0.2, 0.25) is 0 Å². The number of hydrogen-bond acceptors (Lipinski definition) is 3. The van der Waals surface area contributed by atoms with Crippen LogP contribution in [0.4, 0.5) is 0 Å². The maximum absolute atomic E-state index is 11.5. The molecule has 0 aliphatic carbocycles. The molecule has 0 saturated carbocycles. The highest BCUT2D eigenvalue weighted by Crippen LogP contribution is 2.17. The van der Waals surface area contributed by atoms with E-state index in [0.29, 0.717) is 6.42 Å². The van der Waals surface area contributed by atoms with Crippen molar-refractivity contribution in [3.8, 4) is 0 Å². The second-order valence-corrected chi connectivity index (χ2v) is 4.23. The molecule has 0 aromatic heterocycles. The third-order valence-electron chi connectivity index (χ3n) is 1.78. The molecule has 0 fully saturated rings. The number of rotatable bonds is 4. The molecule has 0 spiro atoms. The molecule has 0 unspecified atom stereocenters. The molecule has 0 rings (SSSR count). The molecule has 4 nitrogen and oxygen atoms in total. The highest BCUT2D eigenvalue weighted by molar-refractivity contribution is 5.89. The minimum absolute atomic E-state index is 0.0336. The zero-order valence-corrected chi connectivity index (χ0v) is 8.46. The first kappa shape index (κ1) is 12.1. The van der Waals surface area contributed by atoms with Crippen molar-refractivity contribution in [2.75, 3.05) is 0 Å². The van der Waals surface area contributed by atoms with Crippen LogP contribution in [0.15, 0.2) is 0 Å². The topological polar surface area (TPSA) is 86.2 Å². The molecule has 0 radical (unpaired) electrons. The van der Waals surface area contributed by atoms with E-state index in [1.807, 2.05) is 0 Å². The summed E-state index contributed by atoms with van der Waals surface area (Å²) in [6.45, 7) is 5.42. The number of amides is 1. The Balaban J connectivity index is 4.05. The van der Waals surface area contributed by atoms with E-state index in [2.05, 4.69) is 0 Å². The van der Waals surface area contributed by atoms with Crippen molar-refractivity contribution < 1.29 is 9.59 Å². The average Bonchev–Trinajstić information content (AvgIpc) is 1.96. The molecule has 0 saturated heterocycles. The van der Waals surface area contributed by atoms with Crippen molar-refractivity contribution in [2.45, 2.75) is 39.7 Å². The van der Waals surface area contributed by atoms with Crippen molar-refractivity contribution in [2.24, 2.45) is 16.9 Å². The molecule has 13 heavy (non-hydrogen) atoms. The second-order valence-electron chi connectivity index (χ2n) is 4.23. The van der Waals surface area contributed by atoms with Crippen LogP contribution in [0.3, 0.4) is 0 Å². The summed E-state index contributed by atoms with van der Waals surface area (Å²) < 4.78 is 0. The number of Topliss-reactive ketones (excluding diaryl/α,β-unsaturated/α-hetero) is 1. The molecule has 4 N–H and O–H groups in total. The van der Waals surface area contributed by atoms with Gasteiger partial charge in [0.15, 0.2) is 5.78 Å². The smallest absolute Gasteiger partial charge is 0.217 e. The Hall–Kier alpha value is -0.900. The number of ketones is 1. The van der Waals surface area contributed by atoms with Crippen LogP contribution in [-0.4, -0.2) is 17.7 Å². The standard InChI is InChI=1S/C9H18N2O2/c1-9(2,3)8(13)6(10)4-5-7(11)12/h6H,4-5,10H2,1-3H3,(H2,11,12)/t6-/m0/s1. The van der Waals surface area contributed by atoms with Gasteiger partial charge >= 0.3 is 0 Å². The van der Waals surface area contributed by atoms with Gasteiger partial charge in [0.05, 0.1) is 6.04 Å². The fourth-order valence-electron chi connectivity index (χ4n) is 0.985. The summed E-state index contributed by atoms with van der Waals surface area (Å²) in [7, 11) is 0. The third kappa shape index (κ3) is 4.62. The predicted octanol–water partition coefficient (Wildman–Crippen LogP) is 0.194. The molecule has 0 aliphatic rings. The Morgan fingerprint density at radius 2 is 1.77 bits per heavy atom. The highest BCUT2D eigenvalue weighted by Gasteiger charge is 2.26. The largest absolute Gasteiger partial charge is 0.370 e. The van der Waals surface area contributed by atoms with Crippen molar-refractivity contribution >= 4 is 11.7 Å². The summed E-state index contributed by atoms with van der Waals surface area (Å²) in [4.78, 5) is 21.9. The van der Waals surface area contributed by atoms with Crippen molar-refractivity contribution in [3.63, 3.8) is 0 Å². The number of primary amides is 1. The van der Waals surface area contributed by atoms with E-state index in [-0.39, 0.29) is 12.2 Å². The van der Waals surface area contributed by atoms with E-state index in [0.717, 1.165) is 0 Å². The minimum atomic E-state index is -0.576. The quantitative estimate of drug-likeness (QED) is 0.657. The Morgan fingerprint density at radius 3 is 2.08 bits per heavy atom. The maximum Gasteiger partial charge on any atom is 0.217 e. The second kappa shape index (κ2) is 4.37. The van der Waals surface area contributed by atoms with Crippen LogP contribution in [0, 0.1) is 5.41 Å². The van der Waals surface area contributed by atoms with Crippen molar-refractivity contribution in [1.29, 1.82) is 0 Å². The minimum Gasteiger partial charge on any atom is -0.370 e. The Kier molecular flexibility index (Phi) is 4.07. The van der Waals surface area contributed by atoms with Crippen LogP contribution < -0.4 is 11.5 Å². The van der Waals surface area contributed by atoms with Gasteiger partial charge in [0.1, 0.15) is 0 Å². The summed E-state index contributed by atoms with van der Waals surface area (Å²) in [5.41, 5.74) is 10.1. The molecule has 0 aromatic carbocycles. The molecule has 1 atom stereocenters. The highest BCUT2D eigenvalue weighted by atomic mass is 16.1. The van der Waals surface area contributed by atoms with Crippen molar-refractivity contribution in [1.82, 2.24) is 0 Å². The zero-order chi connectivity index (χ0) is 10.6. The number of hydrogen-bond donors (Lipinski definition) is 2. The van der Waals surface area contributed by atoms with Gasteiger partial charge < -0.3 is 11.5 Å².